The Morgan fingerprint density at radius 1 is 0.571 bits per heavy atom. The van der Waals surface area contributed by atoms with Gasteiger partial charge in [0.15, 0.2) is 16.6 Å². The average Bonchev–Trinajstić information content (AvgIpc) is 3.71. The number of hydrogen-bond donors (Lipinski definition) is 0. The summed E-state index contributed by atoms with van der Waals surface area (Å²) in [5.41, 5.74) is 3.47. The van der Waals surface area contributed by atoms with Crippen molar-refractivity contribution in [3.8, 4) is 0 Å². The number of rotatable bonds is 20. The molecule has 9 atom stereocenters. The lowest BCUT2D eigenvalue weighted by Crippen LogP contribution is -2.56. The van der Waals surface area contributed by atoms with E-state index in [0.29, 0.717) is 28.8 Å². The van der Waals surface area contributed by atoms with Crippen LogP contribution in [0, 0.1) is 29.6 Å². The monoisotopic (exact) mass is 656 g/mol. The maximum Gasteiger partial charge on any atom is 0.337 e. The first-order valence-electron chi connectivity index (χ1n) is 17.5. The minimum absolute atomic E-state index is 0.662. The van der Waals surface area contributed by atoms with E-state index in [1.165, 1.54) is 32.1 Å². The van der Waals surface area contributed by atoms with Crippen molar-refractivity contribution in [2.24, 2.45) is 29.6 Å². The predicted molar refractivity (Wildman–Crippen MR) is 182 cm³/mol. The van der Waals surface area contributed by atoms with E-state index in [-0.39, 0.29) is 0 Å². The van der Waals surface area contributed by atoms with Crippen molar-refractivity contribution in [2.45, 2.75) is 122 Å². The van der Waals surface area contributed by atoms with E-state index >= 15 is 0 Å². The first kappa shape index (κ1) is 35.2. The van der Waals surface area contributed by atoms with Crippen LogP contribution in [0.3, 0.4) is 0 Å². The third-order valence-corrected chi connectivity index (χ3v) is 32.6. The van der Waals surface area contributed by atoms with Crippen LogP contribution in [0.25, 0.3) is 0 Å². The van der Waals surface area contributed by atoms with Crippen molar-refractivity contribution in [1.82, 2.24) is 0 Å². The van der Waals surface area contributed by atoms with E-state index in [2.05, 4.69) is 73.3 Å². The Labute approximate surface area is 262 Å². The summed E-state index contributed by atoms with van der Waals surface area (Å²) in [6, 6.07) is 1.13. The Hall–Kier alpha value is 0.368. The summed E-state index contributed by atoms with van der Waals surface area (Å²) in [6.45, 7) is 24.8. The molecule has 0 spiro atoms. The maximum absolute atomic E-state index is 6.93. The Morgan fingerprint density at radius 2 is 1.14 bits per heavy atom. The Balaban J connectivity index is 1.59. The Bertz CT molecular complexity index is 881. The average molecular weight is 657 g/mol. The van der Waals surface area contributed by atoms with Crippen molar-refractivity contribution >= 4 is 33.8 Å². The standard InChI is InChI=1S/C32H64O6Si4/c1-10-33-39(7,24-41(9,35-12-3)36-13-4)32-22-27-19-29(30(32)20-27)23-42(37-14-5,38-15-6)25-40(8,34-11-2)31-21-26-16-17-28(31)18-26/h16-17,26-32H,10-15,18-25H2,1-9H3. The van der Waals surface area contributed by atoms with Crippen LogP contribution < -0.4 is 0 Å². The quantitative estimate of drug-likeness (QED) is 0.0970. The molecular weight excluding hydrogens is 593 g/mol. The van der Waals surface area contributed by atoms with Gasteiger partial charge in [-0.3, -0.25) is 0 Å². The molecule has 0 radical (unpaired) electrons. The first-order valence-corrected chi connectivity index (χ1v) is 27.7. The van der Waals surface area contributed by atoms with Gasteiger partial charge in [0.1, 0.15) is 0 Å². The van der Waals surface area contributed by atoms with Crippen molar-refractivity contribution in [3.63, 3.8) is 0 Å². The maximum atomic E-state index is 6.93. The largest absolute Gasteiger partial charge is 0.417 e. The Kier molecular flexibility index (Phi) is 12.5. The molecule has 0 aromatic heterocycles. The summed E-state index contributed by atoms with van der Waals surface area (Å²) in [4.78, 5) is 0. The van der Waals surface area contributed by atoms with Gasteiger partial charge < -0.3 is 26.6 Å². The van der Waals surface area contributed by atoms with Gasteiger partial charge >= 0.3 is 17.1 Å². The molecule has 0 N–H and O–H groups in total. The molecule has 0 saturated heterocycles. The van der Waals surface area contributed by atoms with E-state index in [4.69, 9.17) is 26.6 Å². The van der Waals surface area contributed by atoms with Crippen LogP contribution >= 0.6 is 0 Å². The van der Waals surface area contributed by atoms with Gasteiger partial charge in [-0.25, -0.2) is 0 Å². The second kappa shape index (κ2) is 14.9. The van der Waals surface area contributed by atoms with Gasteiger partial charge in [-0.05, 0) is 140 Å². The minimum Gasteiger partial charge on any atom is -0.417 e. The molecule has 6 nitrogen and oxygen atoms in total. The molecule has 4 rings (SSSR count). The summed E-state index contributed by atoms with van der Waals surface area (Å²) in [5, 5.41) is 0. The summed E-state index contributed by atoms with van der Waals surface area (Å²) < 4.78 is 40.4. The van der Waals surface area contributed by atoms with Crippen molar-refractivity contribution in [2.75, 3.05) is 39.6 Å². The van der Waals surface area contributed by atoms with Crippen LogP contribution in [0.2, 0.25) is 48.1 Å². The van der Waals surface area contributed by atoms with Gasteiger partial charge in [0.2, 0.25) is 0 Å². The van der Waals surface area contributed by atoms with E-state index in [0.717, 1.165) is 68.9 Å². The molecule has 4 aliphatic carbocycles. The predicted octanol–water partition coefficient (Wildman–Crippen LogP) is 8.33. The molecule has 10 heteroatoms. The molecule has 3 fully saturated rings. The molecule has 9 unspecified atom stereocenters. The normalized spacial score (nSPS) is 33.4. The molecule has 0 heterocycles. The molecule has 4 aliphatic rings. The molecule has 0 amide bonds. The molecular formula is C32H64O6Si4. The van der Waals surface area contributed by atoms with E-state index in [1.807, 2.05) is 0 Å². The lowest BCUT2D eigenvalue weighted by molar-refractivity contribution is 0.169. The highest BCUT2D eigenvalue weighted by molar-refractivity contribution is 6.90. The summed E-state index contributed by atoms with van der Waals surface area (Å²) >= 11 is 0. The van der Waals surface area contributed by atoms with Crippen molar-refractivity contribution < 1.29 is 26.6 Å². The number of hydrogen-bond acceptors (Lipinski definition) is 6. The SMILES string of the molecule is CCO[Si](C)(C[Si](C)(OCC)C1CC2CC(C[Si](C[Si](C)(OCC)C3CC4C=CC3C4)(OCC)OCC)C1C2)OCC. The van der Waals surface area contributed by atoms with Gasteiger partial charge in [-0.1, -0.05) is 12.2 Å². The second-order valence-electron chi connectivity index (χ2n) is 14.3. The third-order valence-electron chi connectivity index (χ3n) is 11.3. The topological polar surface area (TPSA) is 55.4 Å². The third kappa shape index (κ3) is 7.66. The molecule has 3 saturated carbocycles. The zero-order valence-electron chi connectivity index (χ0n) is 28.5. The molecule has 4 bridgehead atoms. The van der Waals surface area contributed by atoms with Crippen LogP contribution in [-0.2, 0) is 26.6 Å². The molecule has 0 aromatic carbocycles. The smallest absolute Gasteiger partial charge is 0.337 e. The summed E-state index contributed by atoms with van der Waals surface area (Å²) in [7, 11) is -8.97. The lowest BCUT2D eigenvalue weighted by Gasteiger charge is -2.46. The van der Waals surface area contributed by atoms with E-state index in [1.54, 1.807) is 0 Å². The van der Waals surface area contributed by atoms with Gasteiger partial charge in [0.05, 0.1) is 0 Å². The number of fused-ring (bicyclic) bond motifs is 4. The zero-order chi connectivity index (χ0) is 30.6. The fraction of sp³-hybridized carbons (Fsp3) is 0.938. The minimum atomic E-state index is -2.50. The summed E-state index contributed by atoms with van der Waals surface area (Å²) in [6.07, 6.45) is 11.6. The Morgan fingerprint density at radius 3 is 1.62 bits per heavy atom. The zero-order valence-corrected chi connectivity index (χ0v) is 32.5. The highest BCUT2D eigenvalue weighted by Crippen LogP contribution is 2.62. The fourth-order valence-corrected chi connectivity index (χ4v) is 34.6. The fourth-order valence-electron chi connectivity index (χ4n) is 10.3. The lowest BCUT2D eigenvalue weighted by atomic mass is 9.90. The van der Waals surface area contributed by atoms with Gasteiger partial charge in [0, 0.05) is 51.0 Å². The van der Waals surface area contributed by atoms with Crippen LogP contribution in [0.1, 0.15) is 73.6 Å². The highest BCUT2D eigenvalue weighted by atomic mass is 28.4. The molecule has 244 valence electrons. The number of allylic oxidation sites excluding steroid dienone is 2. The van der Waals surface area contributed by atoms with Gasteiger partial charge in [-0.2, -0.15) is 0 Å². The molecule has 0 aliphatic heterocycles. The van der Waals surface area contributed by atoms with Crippen molar-refractivity contribution in [1.29, 1.82) is 0 Å². The van der Waals surface area contributed by atoms with Gasteiger partial charge in [0.25, 0.3) is 0 Å². The van der Waals surface area contributed by atoms with Crippen molar-refractivity contribution in [3.05, 3.63) is 12.2 Å². The van der Waals surface area contributed by atoms with E-state index < -0.39 is 33.8 Å². The highest BCUT2D eigenvalue weighted by Gasteiger charge is 2.61. The second-order valence-corrected chi connectivity index (χ2v) is 30.1. The molecule has 0 aromatic rings. The first-order chi connectivity index (χ1) is 20.0. The van der Waals surface area contributed by atoms with Crippen LogP contribution in [0.4, 0.5) is 0 Å². The van der Waals surface area contributed by atoms with Gasteiger partial charge in [-0.15, -0.1) is 0 Å². The van der Waals surface area contributed by atoms with Crippen LogP contribution in [-0.4, -0.2) is 73.4 Å². The molecule has 42 heavy (non-hydrogen) atoms. The summed E-state index contributed by atoms with van der Waals surface area (Å²) in [5.74, 6) is 3.64. The van der Waals surface area contributed by atoms with Crippen LogP contribution in [0.15, 0.2) is 12.2 Å². The van der Waals surface area contributed by atoms with Crippen LogP contribution in [0.5, 0.6) is 0 Å². The van der Waals surface area contributed by atoms with E-state index in [9.17, 15) is 0 Å².